The van der Waals surface area contributed by atoms with E-state index in [9.17, 15) is 4.79 Å². The quantitative estimate of drug-likeness (QED) is 0.590. The van der Waals surface area contributed by atoms with Crippen LogP contribution < -0.4 is 0 Å². The van der Waals surface area contributed by atoms with Crippen LogP contribution in [0.1, 0.15) is 33.1 Å². The summed E-state index contributed by atoms with van der Waals surface area (Å²) in [5, 5.41) is 8.60. The number of hydrogen-bond donors (Lipinski definition) is 0. The first-order valence-corrected chi connectivity index (χ1v) is 4.32. The van der Waals surface area contributed by atoms with Crippen molar-refractivity contribution in [1.29, 1.82) is 5.26 Å². The Hall–Kier alpha value is -1.04. The molecule has 12 heavy (non-hydrogen) atoms. The molecule has 0 amide bonds. The number of carbonyl (C=O) groups is 1. The van der Waals surface area contributed by atoms with Gasteiger partial charge in [-0.05, 0) is 13.3 Å². The summed E-state index contributed by atoms with van der Waals surface area (Å²) in [6.07, 6.45) is 2.51. The SMILES string of the molecule is CCCC[C@@H](C#N)C(=O)OCC. The van der Waals surface area contributed by atoms with Crippen LogP contribution in [0.4, 0.5) is 0 Å². The minimum Gasteiger partial charge on any atom is -0.465 e. The van der Waals surface area contributed by atoms with E-state index in [0.717, 1.165) is 12.8 Å². The lowest BCUT2D eigenvalue weighted by atomic mass is 10.0. The molecular weight excluding hydrogens is 154 g/mol. The maximum Gasteiger partial charge on any atom is 0.323 e. The van der Waals surface area contributed by atoms with E-state index in [0.29, 0.717) is 13.0 Å². The van der Waals surface area contributed by atoms with Gasteiger partial charge in [0.1, 0.15) is 5.92 Å². The van der Waals surface area contributed by atoms with Gasteiger partial charge in [0.15, 0.2) is 0 Å². The summed E-state index contributed by atoms with van der Waals surface area (Å²) in [7, 11) is 0. The molecule has 0 N–H and O–H groups in total. The van der Waals surface area contributed by atoms with Gasteiger partial charge in [-0.3, -0.25) is 4.79 Å². The van der Waals surface area contributed by atoms with Crippen LogP contribution >= 0.6 is 0 Å². The summed E-state index contributed by atoms with van der Waals surface area (Å²) in [5.41, 5.74) is 0. The van der Waals surface area contributed by atoms with E-state index in [-0.39, 0.29) is 5.97 Å². The molecule has 0 aromatic rings. The van der Waals surface area contributed by atoms with Gasteiger partial charge in [-0.25, -0.2) is 0 Å². The summed E-state index contributed by atoms with van der Waals surface area (Å²) in [6, 6.07) is 1.95. The highest BCUT2D eigenvalue weighted by Gasteiger charge is 2.17. The van der Waals surface area contributed by atoms with Crippen molar-refractivity contribution in [1.82, 2.24) is 0 Å². The fraction of sp³-hybridized carbons (Fsp3) is 0.778. The number of rotatable bonds is 5. The second-order valence-electron chi connectivity index (χ2n) is 2.58. The van der Waals surface area contributed by atoms with E-state index in [4.69, 9.17) is 10.00 Å². The monoisotopic (exact) mass is 169 g/mol. The summed E-state index contributed by atoms with van der Waals surface area (Å²) >= 11 is 0. The molecule has 68 valence electrons. The van der Waals surface area contributed by atoms with E-state index >= 15 is 0 Å². The number of carbonyl (C=O) groups excluding carboxylic acids is 1. The molecule has 0 saturated carbocycles. The molecular formula is C9H15NO2. The third kappa shape index (κ3) is 3.97. The molecule has 0 aliphatic rings. The Kier molecular flexibility index (Phi) is 6.08. The maximum absolute atomic E-state index is 11.0. The van der Waals surface area contributed by atoms with Gasteiger partial charge >= 0.3 is 5.97 Å². The second-order valence-corrected chi connectivity index (χ2v) is 2.58. The molecule has 0 bridgehead atoms. The summed E-state index contributed by atoms with van der Waals surface area (Å²) in [4.78, 5) is 11.0. The van der Waals surface area contributed by atoms with E-state index in [1.165, 1.54) is 0 Å². The van der Waals surface area contributed by atoms with Crippen LogP contribution in [0.2, 0.25) is 0 Å². The lowest BCUT2D eigenvalue weighted by molar-refractivity contribution is -0.146. The molecule has 0 aliphatic carbocycles. The summed E-state index contributed by atoms with van der Waals surface area (Å²) < 4.78 is 4.73. The Bertz CT molecular complexity index is 172. The third-order valence-electron chi connectivity index (χ3n) is 1.57. The third-order valence-corrected chi connectivity index (χ3v) is 1.57. The second kappa shape index (κ2) is 6.66. The molecule has 0 aromatic heterocycles. The first-order valence-electron chi connectivity index (χ1n) is 4.32. The zero-order chi connectivity index (χ0) is 9.40. The Balaban J connectivity index is 3.81. The molecule has 0 fully saturated rings. The van der Waals surface area contributed by atoms with Crippen LogP contribution in [0.3, 0.4) is 0 Å². The number of esters is 1. The molecule has 0 radical (unpaired) electrons. The van der Waals surface area contributed by atoms with Crippen LogP contribution in [0, 0.1) is 17.2 Å². The lowest BCUT2D eigenvalue weighted by Gasteiger charge is -2.06. The summed E-state index contributed by atoms with van der Waals surface area (Å²) in [5.74, 6) is -0.946. The highest BCUT2D eigenvalue weighted by molar-refractivity contribution is 5.75. The topological polar surface area (TPSA) is 50.1 Å². The van der Waals surface area contributed by atoms with Gasteiger partial charge in [0.2, 0.25) is 0 Å². The molecule has 0 unspecified atom stereocenters. The molecule has 3 heteroatoms. The zero-order valence-electron chi connectivity index (χ0n) is 7.67. The van der Waals surface area contributed by atoms with Crippen molar-refractivity contribution in [2.24, 2.45) is 5.92 Å². The average molecular weight is 169 g/mol. The van der Waals surface area contributed by atoms with Crippen molar-refractivity contribution in [2.45, 2.75) is 33.1 Å². The van der Waals surface area contributed by atoms with E-state index < -0.39 is 5.92 Å². The number of nitrogens with zero attached hydrogens (tertiary/aromatic N) is 1. The fourth-order valence-corrected chi connectivity index (χ4v) is 0.886. The van der Waals surface area contributed by atoms with Crippen LogP contribution in [0.15, 0.2) is 0 Å². The van der Waals surface area contributed by atoms with Crippen molar-refractivity contribution < 1.29 is 9.53 Å². The van der Waals surface area contributed by atoms with Gasteiger partial charge in [0.05, 0.1) is 12.7 Å². The highest BCUT2D eigenvalue weighted by atomic mass is 16.5. The van der Waals surface area contributed by atoms with Gasteiger partial charge in [0, 0.05) is 0 Å². The van der Waals surface area contributed by atoms with Crippen molar-refractivity contribution in [3.63, 3.8) is 0 Å². The average Bonchev–Trinajstić information content (AvgIpc) is 2.06. The zero-order valence-corrected chi connectivity index (χ0v) is 7.67. The first kappa shape index (κ1) is 11.0. The molecule has 0 aromatic carbocycles. The fourth-order valence-electron chi connectivity index (χ4n) is 0.886. The number of ether oxygens (including phenoxy) is 1. The van der Waals surface area contributed by atoms with Crippen LogP contribution in [-0.4, -0.2) is 12.6 Å². The number of nitriles is 1. The minimum atomic E-state index is -0.565. The van der Waals surface area contributed by atoms with Gasteiger partial charge in [-0.1, -0.05) is 19.8 Å². The van der Waals surface area contributed by atoms with Gasteiger partial charge in [-0.15, -0.1) is 0 Å². The van der Waals surface area contributed by atoms with E-state index in [2.05, 4.69) is 0 Å². The molecule has 3 nitrogen and oxygen atoms in total. The van der Waals surface area contributed by atoms with Crippen LogP contribution in [0.5, 0.6) is 0 Å². The standard InChI is InChI=1S/C9H15NO2/c1-3-5-6-8(7-10)9(11)12-4-2/h8H,3-6H2,1-2H3/t8-/m0/s1. The predicted molar refractivity (Wildman–Crippen MR) is 45.3 cm³/mol. The number of hydrogen-bond acceptors (Lipinski definition) is 3. The predicted octanol–water partition coefficient (Wildman–Crippen LogP) is 1.88. The Morgan fingerprint density at radius 3 is 2.67 bits per heavy atom. The maximum atomic E-state index is 11.0. The van der Waals surface area contributed by atoms with Crippen LogP contribution in [-0.2, 0) is 9.53 Å². The molecule has 0 aliphatic heterocycles. The van der Waals surface area contributed by atoms with Gasteiger partial charge in [0.25, 0.3) is 0 Å². The first-order chi connectivity index (χ1) is 5.76. The Labute approximate surface area is 73.3 Å². The minimum absolute atomic E-state index is 0.350. The van der Waals surface area contributed by atoms with E-state index in [1.807, 2.05) is 13.0 Å². The summed E-state index contributed by atoms with van der Waals surface area (Å²) in [6.45, 7) is 4.12. The normalized spacial score (nSPS) is 11.8. The van der Waals surface area contributed by atoms with Gasteiger partial charge < -0.3 is 4.74 Å². The molecule has 0 rings (SSSR count). The Morgan fingerprint density at radius 1 is 1.58 bits per heavy atom. The van der Waals surface area contributed by atoms with Crippen LogP contribution in [0.25, 0.3) is 0 Å². The molecule has 1 atom stereocenters. The molecule has 0 spiro atoms. The van der Waals surface area contributed by atoms with Crippen molar-refractivity contribution in [3.05, 3.63) is 0 Å². The number of unbranched alkanes of at least 4 members (excludes halogenated alkanes) is 1. The van der Waals surface area contributed by atoms with E-state index in [1.54, 1.807) is 6.92 Å². The highest BCUT2D eigenvalue weighted by Crippen LogP contribution is 2.09. The smallest absolute Gasteiger partial charge is 0.323 e. The Morgan fingerprint density at radius 2 is 2.25 bits per heavy atom. The largest absolute Gasteiger partial charge is 0.465 e. The molecule has 0 heterocycles. The molecule has 0 saturated heterocycles. The van der Waals surface area contributed by atoms with Crippen molar-refractivity contribution >= 4 is 5.97 Å². The lowest BCUT2D eigenvalue weighted by Crippen LogP contribution is -2.15. The van der Waals surface area contributed by atoms with Crippen molar-refractivity contribution in [3.8, 4) is 6.07 Å². The van der Waals surface area contributed by atoms with Crippen molar-refractivity contribution in [2.75, 3.05) is 6.61 Å². The van der Waals surface area contributed by atoms with Gasteiger partial charge in [-0.2, -0.15) is 5.26 Å².